The summed E-state index contributed by atoms with van der Waals surface area (Å²) in [6.45, 7) is 4.13. The third kappa shape index (κ3) is 3.04. The molecule has 6 N–H and O–H groups in total. The molecule has 0 fully saturated rings. The highest BCUT2D eigenvalue weighted by molar-refractivity contribution is 5.57. The molecule has 2 aromatic rings. The lowest BCUT2D eigenvalue weighted by Gasteiger charge is -2.22. The maximum atomic E-state index is 10.2. The van der Waals surface area contributed by atoms with E-state index in [-0.39, 0.29) is 24.2 Å². The molecule has 0 spiro atoms. The van der Waals surface area contributed by atoms with Crippen molar-refractivity contribution in [2.24, 2.45) is 5.84 Å². The van der Waals surface area contributed by atoms with Crippen LogP contribution in [0.3, 0.4) is 0 Å². The van der Waals surface area contributed by atoms with Crippen LogP contribution in [0.25, 0.3) is 0 Å². The lowest BCUT2D eigenvalue weighted by atomic mass is 9.97. The Kier molecular flexibility index (Phi) is 4.37. The summed E-state index contributed by atoms with van der Waals surface area (Å²) in [7, 11) is 0. The minimum atomic E-state index is -0.552. The number of rotatable bonds is 5. The van der Waals surface area contributed by atoms with Crippen LogP contribution in [-0.2, 0) is 0 Å². The Morgan fingerprint density at radius 1 is 1.00 bits per heavy atom. The summed E-state index contributed by atoms with van der Waals surface area (Å²) >= 11 is 0. The number of phenols is 2. The molecule has 0 saturated carbocycles. The normalized spacial score (nSPS) is 14.0. The molecule has 0 aromatic heterocycles. The van der Waals surface area contributed by atoms with E-state index in [4.69, 9.17) is 15.3 Å². The second-order valence-electron chi connectivity index (χ2n) is 5.94. The van der Waals surface area contributed by atoms with Crippen LogP contribution in [0, 0.1) is 0 Å². The standard InChI is InChI=1S/C17H21N3O4/c1-9(2)11-6-12(14(22)7-13(11)21)17(20-18)19-10-3-4-15-16(5-10)24-8-23-15/h3-7,9,17,19-22H,8,18H2,1-2H3. The van der Waals surface area contributed by atoms with Crippen LogP contribution in [-0.4, -0.2) is 17.0 Å². The number of nitrogens with two attached hydrogens (primary N) is 1. The van der Waals surface area contributed by atoms with E-state index in [1.807, 2.05) is 19.9 Å². The van der Waals surface area contributed by atoms with E-state index in [1.54, 1.807) is 18.2 Å². The molecule has 0 bridgehead atoms. The van der Waals surface area contributed by atoms with E-state index in [0.29, 0.717) is 17.1 Å². The minimum Gasteiger partial charge on any atom is -0.508 e. The van der Waals surface area contributed by atoms with E-state index in [0.717, 1.165) is 11.3 Å². The molecule has 0 radical (unpaired) electrons. The topological polar surface area (TPSA) is 109 Å². The van der Waals surface area contributed by atoms with Crippen molar-refractivity contribution in [3.8, 4) is 23.0 Å². The maximum Gasteiger partial charge on any atom is 0.231 e. The zero-order chi connectivity index (χ0) is 17.3. The van der Waals surface area contributed by atoms with E-state index in [2.05, 4.69) is 10.7 Å². The molecular formula is C17H21N3O4. The van der Waals surface area contributed by atoms with Crippen LogP contribution >= 0.6 is 0 Å². The van der Waals surface area contributed by atoms with Crippen molar-refractivity contribution < 1.29 is 19.7 Å². The number of aromatic hydroxyl groups is 2. The number of nitrogens with one attached hydrogen (secondary N) is 2. The minimum absolute atomic E-state index is 0.0481. The highest BCUT2D eigenvalue weighted by Crippen LogP contribution is 2.37. The van der Waals surface area contributed by atoms with Crippen molar-refractivity contribution in [3.63, 3.8) is 0 Å². The number of ether oxygens (including phenoxy) is 2. The summed E-state index contributed by atoms with van der Waals surface area (Å²) < 4.78 is 10.6. The van der Waals surface area contributed by atoms with Gasteiger partial charge in [-0.2, -0.15) is 0 Å². The van der Waals surface area contributed by atoms with Crippen molar-refractivity contribution in [2.75, 3.05) is 12.1 Å². The monoisotopic (exact) mass is 331 g/mol. The SMILES string of the molecule is CC(C)c1cc(C(NN)Nc2ccc3c(c2)OCO3)c(O)cc1O. The average Bonchev–Trinajstić information content (AvgIpc) is 3.00. The fourth-order valence-electron chi connectivity index (χ4n) is 2.67. The van der Waals surface area contributed by atoms with Gasteiger partial charge in [-0.3, -0.25) is 5.84 Å². The molecule has 1 aliphatic rings. The smallest absolute Gasteiger partial charge is 0.231 e. The van der Waals surface area contributed by atoms with Crippen molar-refractivity contribution in [2.45, 2.75) is 25.9 Å². The van der Waals surface area contributed by atoms with Gasteiger partial charge in [-0.05, 0) is 29.7 Å². The van der Waals surface area contributed by atoms with Gasteiger partial charge in [-0.15, -0.1) is 0 Å². The van der Waals surface area contributed by atoms with Crippen LogP contribution in [0.1, 0.15) is 37.1 Å². The fourth-order valence-corrected chi connectivity index (χ4v) is 2.67. The first-order valence-corrected chi connectivity index (χ1v) is 7.67. The quantitative estimate of drug-likeness (QED) is 0.325. The van der Waals surface area contributed by atoms with E-state index in [1.165, 1.54) is 6.07 Å². The summed E-state index contributed by atoms with van der Waals surface area (Å²) in [5.41, 5.74) is 4.66. The van der Waals surface area contributed by atoms with Crippen LogP contribution in [0.4, 0.5) is 5.69 Å². The van der Waals surface area contributed by atoms with Crippen molar-refractivity contribution in [1.82, 2.24) is 5.43 Å². The molecule has 3 rings (SSSR count). The largest absolute Gasteiger partial charge is 0.508 e. The molecule has 24 heavy (non-hydrogen) atoms. The lowest BCUT2D eigenvalue weighted by molar-refractivity contribution is 0.174. The molecule has 1 aliphatic heterocycles. The maximum absolute atomic E-state index is 10.2. The molecule has 1 unspecified atom stereocenters. The van der Waals surface area contributed by atoms with E-state index < -0.39 is 6.17 Å². The molecule has 128 valence electrons. The number of hydrogen-bond acceptors (Lipinski definition) is 7. The van der Waals surface area contributed by atoms with Crippen LogP contribution in [0.2, 0.25) is 0 Å². The number of fused-ring (bicyclic) bond motifs is 1. The molecule has 7 heteroatoms. The second-order valence-corrected chi connectivity index (χ2v) is 5.94. The Hall–Kier alpha value is -2.64. The molecule has 0 aliphatic carbocycles. The van der Waals surface area contributed by atoms with Crippen LogP contribution < -0.4 is 26.1 Å². The van der Waals surface area contributed by atoms with Gasteiger partial charge in [0.15, 0.2) is 11.5 Å². The highest BCUT2D eigenvalue weighted by atomic mass is 16.7. The van der Waals surface area contributed by atoms with Gasteiger partial charge in [0.1, 0.15) is 17.7 Å². The Balaban J connectivity index is 1.90. The lowest BCUT2D eigenvalue weighted by Crippen LogP contribution is -2.33. The third-order valence-corrected chi connectivity index (χ3v) is 3.96. The number of phenolic OH excluding ortho intramolecular Hbond substituents is 2. The summed E-state index contributed by atoms with van der Waals surface area (Å²) in [6.07, 6.45) is -0.552. The Labute approximate surface area is 140 Å². The molecular weight excluding hydrogens is 310 g/mol. The predicted octanol–water partition coefficient (Wildman–Crippen LogP) is 2.52. The van der Waals surface area contributed by atoms with Crippen LogP contribution in [0.15, 0.2) is 30.3 Å². The number of benzene rings is 2. The molecule has 1 atom stereocenters. The van der Waals surface area contributed by atoms with Gasteiger partial charge < -0.3 is 25.0 Å². The molecule has 7 nitrogen and oxygen atoms in total. The first-order chi connectivity index (χ1) is 11.5. The number of hydrogen-bond donors (Lipinski definition) is 5. The zero-order valence-corrected chi connectivity index (χ0v) is 13.5. The highest BCUT2D eigenvalue weighted by Gasteiger charge is 2.20. The summed E-state index contributed by atoms with van der Waals surface area (Å²) in [4.78, 5) is 0. The van der Waals surface area contributed by atoms with Gasteiger partial charge in [-0.25, -0.2) is 5.43 Å². The second kappa shape index (κ2) is 6.46. The van der Waals surface area contributed by atoms with Crippen molar-refractivity contribution in [1.29, 1.82) is 0 Å². The Morgan fingerprint density at radius 3 is 2.42 bits per heavy atom. The number of hydrazine groups is 1. The zero-order valence-electron chi connectivity index (χ0n) is 13.5. The van der Waals surface area contributed by atoms with Gasteiger partial charge >= 0.3 is 0 Å². The van der Waals surface area contributed by atoms with Gasteiger partial charge in [-0.1, -0.05) is 13.8 Å². The fraction of sp³-hybridized carbons (Fsp3) is 0.294. The average molecular weight is 331 g/mol. The molecule has 0 saturated heterocycles. The molecule has 1 heterocycles. The first kappa shape index (κ1) is 16.2. The summed E-state index contributed by atoms with van der Waals surface area (Å²) in [5, 5.41) is 23.4. The molecule has 2 aromatic carbocycles. The summed E-state index contributed by atoms with van der Waals surface area (Å²) in [6, 6.07) is 8.50. The van der Waals surface area contributed by atoms with Crippen LogP contribution in [0.5, 0.6) is 23.0 Å². The van der Waals surface area contributed by atoms with E-state index >= 15 is 0 Å². The Morgan fingerprint density at radius 2 is 1.71 bits per heavy atom. The summed E-state index contributed by atoms with van der Waals surface area (Å²) in [5.74, 6) is 7.11. The third-order valence-electron chi connectivity index (χ3n) is 3.96. The van der Waals surface area contributed by atoms with E-state index in [9.17, 15) is 10.2 Å². The van der Waals surface area contributed by atoms with Gasteiger partial charge in [0.05, 0.1) is 0 Å². The number of anilines is 1. The first-order valence-electron chi connectivity index (χ1n) is 7.67. The molecule has 0 amide bonds. The Bertz CT molecular complexity index is 749. The van der Waals surface area contributed by atoms with Gasteiger partial charge in [0, 0.05) is 23.4 Å². The van der Waals surface area contributed by atoms with Gasteiger partial charge in [0.2, 0.25) is 6.79 Å². The predicted molar refractivity (Wildman–Crippen MR) is 90.1 cm³/mol. The van der Waals surface area contributed by atoms with Crippen molar-refractivity contribution >= 4 is 5.69 Å². The van der Waals surface area contributed by atoms with Crippen molar-refractivity contribution in [3.05, 3.63) is 41.5 Å². The van der Waals surface area contributed by atoms with Gasteiger partial charge in [0.25, 0.3) is 0 Å².